The summed E-state index contributed by atoms with van der Waals surface area (Å²) in [6.07, 6.45) is 6.74. The number of piperazine rings is 1. The Morgan fingerprint density at radius 1 is 1.32 bits per heavy atom. The molecule has 1 amide bonds. The maximum atomic E-state index is 13.1. The number of hydrogen-bond donors (Lipinski definition) is 1. The number of nitrogens with zero attached hydrogens (tertiary/aromatic N) is 6. The molecule has 10 nitrogen and oxygen atoms in total. The highest BCUT2D eigenvalue weighted by Crippen LogP contribution is 2.23. The molecule has 4 rings (SSSR count). The molecule has 10 heteroatoms. The van der Waals surface area contributed by atoms with E-state index in [0.29, 0.717) is 30.9 Å². The van der Waals surface area contributed by atoms with Gasteiger partial charge in [0.2, 0.25) is 0 Å². The molecule has 0 saturated carbocycles. The van der Waals surface area contributed by atoms with Gasteiger partial charge in [0.05, 0.1) is 22.4 Å². The molecule has 0 spiro atoms. The maximum Gasteiger partial charge on any atom is 0.269 e. The van der Waals surface area contributed by atoms with Crippen LogP contribution in [-0.2, 0) is 7.05 Å². The summed E-state index contributed by atoms with van der Waals surface area (Å²) in [5.74, 6) is 0.700. The molecule has 0 bridgehead atoms. The lowest BCUT2D eigenvalue weighted by molar-refractivity contribution is -0.384. The van der Waals surface area contributed by atoms with Crippen molar-refractivity contribution in [3.63, 3.8) is 0 Å². The molecule has 28 heavy (non-hydrogen) atoms. The van der Waals surface area contributed by atoms with E-state index in [-0.39, 0.29) is 17.6 Å². The van der Waals surface area contributed by atoms with Crippen LogP contribution >= 0.6 is 0 Å². The number of carbonyl (C=O) groups excluding carboxylic acids is 1. The quantitative estimate of drug-likeness (QED) is 0.539. The Balaban J connectivity index is 1.58. The van der Waals surface area contributed by atoms with Crippen molar-refractivity contribution < 1.29 is 9.72 Å². The van der Waals surface area contributed by atoms with Gasteiger partial charge in [-0.3, -0.25) is 14.9 Å². The van der Waals surface area contributed by atoms with Gasteiger partial charge in [-0.2, -0.15) is 5.10 Å². The van der Waals surface area contributed by atoms with Crippen LogP contribution in [0.3, 0.4) is 0 Å². The van der Waals surface area contributed by atoms with Crippen molar-refractivity contribution in [2.24, 2.45) is 7.05 Å². The van der Waals surface area contributed by atoms with E-state index >= 15 is 0 Å². The third-order valence-electron chi connectivity index (χ3n) is 4.82. The fourth-order valence-electron chi connectivity index (χ4n) is 3.34. The third kappa shape index (κ3) is 3.25. The van der Waals surface area contributed by atoms with Crippen molar-refractivity contribution >= 4 is 11.6 Å². The lowest BCUT2D eigenvalue weighted by atomic mass is 10.1. The Labute approximate surface area is 160 Å². The summed E-state index contributed by atoms with van der Waals surface area (Å²) in [5, 5.41) is 18.3. The summed E-state index contributed by atoms with van der Waals surface area (Å²) >= 11 is 0. The Bertz CT molecular complexity index is 1010. The highest BCUT2D eigenvalue weighted by molar-refractivity contribution is 5.94. The third-order valence-corrected chi connectivity index (χ3v) is 4.82. The molecule has 0 aliphatic carbocycles. The first kappa shape index (κ1) is 17.9. The molecule has 0 radical (unpaired) electrons. The summed E-state index contributed by atoms with van der Waals surface area (Å²) < 4.78 is 3.45. The Hall–Kier alpha value is -3.53. The van der Waals surface area contributed by atoms with Crippen molar-refractivity contribution in [3.05, 3.63) is 70.6 Å². The van der Waals surface area contributed by atoms with Crippen molar-refractivity contribution in [2.45, 2.75) is 6.04 Å². The Morgan fingerprint density at radius 3 is 2.79 bits per heavy atom. The molecule has 144 valence electrons. The molecule has 2 aromatic heterocycles. The minimum absolute atomic E-state index is 0.00549. The lowest BCUT2D eigenvalue weighted by Gasteiger charge is -2.35. The summed E-state index contributed by atoms with van der Waals surface area (Å²) in [5.41, 5.74) is 1.11. The highest BCUT2D eigenvalue weighted by atomic mass is 16.6. The number of carbonyl (C=O) groups is 1. The van der Waals surface area contributed by atoms with Crippen LogP contribution in [0.5, 0.6) is 0 Å². The molecule has 1 fully saturated rings. The zero-order valence-corrected chi connectivity index (χ0v) is 15.2. The molecule has 1 aliphatic heterocycles. The van der Waals surface area contributed by atoms with Crippen LogP contribution in [0, 0.1) is 10.1 Å². The van der Waals surface area contributed by atoms with Crippen LogP contribution in [-0.4, -0.2) is 54.7 Å². The first-order chi connectivity index (χ1) is 13.5. The first-order valence-electron chi connectivity index (χ1n) is 8.83. The van der Waals surface area contributed by atoms with E-state index in [0.717, 1.165) is 5.82 Å². The molecule has 1 saturated heterocycles. The monoisotopic (exact) mass is 381 g/mol. The van der Waals surface area contributed by atoms with E-state index in [4.69, 9.17) is 0 Å². The van der Waals surface area contributed by atoms with Gasteiger partial charge in [-0.1, -0.05) is 0 Å². The predicted octanol–water partition coefficient (Wildman–Crippen LogP) is 1.30. The highest BCUT2D eigenvalue weighted by Gasteiger charge is 2.31. The number of aromatic nitrogens is 4. The second-order valence-corrected chi connectivity index (χ2v) is 6.56. The molecule has 1 atom stereocenters. The summed E-state index contributed by atoms with van der Waals surface area (Å²) in [6, 6.07) is 5.85. The topological polar surface area (TPSA) is 111 Å². The van der Waals surface area contributed by atoms with Crippen molar-refractivity contribution in [1.82, 2.24) is 29.5 Å². The molecule has 3 heterocycles. The van der Waals surface area contributed by atoms with Gasteiger partial charge in [0.15, 0.2) is 0 Å². The lowest BCUT2D eigenvalue weighted by Crippen LogP contribution is -2.49. The van der Waals surface area contributed by atoms with Gasteiger partial charge in [-0.15, -0.1) is 0 Å². The summed E-state index contributed by atoms with van der Waals surface area (Å²) in [6.45, 7) is 1.91. The van der Waals surface area contributed by atoms with Crippen LogP contribution in [0.1, 0.15) is 22.2 Å². The molecule has 1 N–H and O–H groups in total. The largest absolute Gasteiger partial charge is 0.336 e. The number of hydrogen-bond acceptors (Lipinski definition) is 6. The Morgan fingerprint density at radius 2 is 2.11 bits per heavy atom. The van der Waals surface area contributed by atoms with Gasteiger partial charge in [0, 0.05) is 57.4 Å². The van der Waals surface area contributed by atoms with E-state index in [2.05, 4.69) is 15.4 Å². The number of imidazole rings is 1. The number of non-ortho nitro benzene ring substituents is 1. The first-order valence-corrected chi connectivity index (χ1v) is 8.83. The number of aryl methyl sites for hydroxylation is 1. The van der Waals surface area contributed by atoms with Crippen LogP contribution < -0.4 is 5.32 Å². The van der Waals surface area contributed by atoms with Crippen LogP contribution in [0.4, 0.5) is 5.69 Å². The minimum atomic E-state index is -0.454. The average molecular weight is 381 g/mol. The van der Waals surface area contributed by atoms with E-state index < -0.39 is 4.92 Å². The average Bonchev–Trinajstić information content (AvgIpc) is 3.37. The molecule has 3 aromatic rings. The standard InChI is InChI=1S/C18H19N7O3/c1-22-8-7-20-17(22)16-11-19-6-9-23(16)18(26)13-10-21-24(12-13)14-2-4-15(5-3-14)25(27)28/h2-5,7-8,10,12,16,19H,6,9,11H2,1H3. The van der Waals surface area contributed by atoms with E-state index in [9.17, 15) is 14.9 Å². The van der Waals surface area contributed by atoms with E-state index in [1.54, 1.807) is 29.4 Å². The molecule has 1 aliphatic rings. The SMILES string of the molecule is Cn1ccnc1C1CNCCN1C(=O)c1cnn(-c2ccc([N+](=O)[O-])cc2)c1. The minimum Gasteiger partial charge on any atom is -0.336 e. The Kier molecular flexibility index (Phi) is 4.62. The maximum absolute atomic E-state index is 13.1. The second-order valence-electron chi connectivity index (χ2n) is 6.56. The van der Waals surface area contributed by atoms with Crippen LogP contribution in [0.15, 0.2) is 49.1 Å². The number of nitrogens with one attached hydrogen (secondary N) is 1. The van der Waals surface area contributed by atoms with Crippen LogP contribution in [0.2, 0.25) is 0 Å². The number of nitro benzene ring substituents is 1. The van der Waals surface area contributed by atoms with Gasteiger partial charge in [0.1, 0.15) is 11.9 Å². The van der Waals surface area contributed by atoms with Gasteiger partial charge in [-0.05, 0) is 12.1 Å². The number of amides is 1. The number of nitro groups is 1. The van der Waals surface area contributed by atoms with Crippen LogP contribution in [0.25, 0.3) is 5.69 Å². The number of rotatable bonds is 4. The summed E-state index contributed by atoms with van der Waals surface area (Å²) in [4.78, 5) is 29.7. The molecular weight excluding hydrogens is 362 g/mol. The fourth-order valence-corrected chi connectivity index (χ4v) is 3.34. The molecular formula is C18H19N7O3. The van der Waals surface area contributed by atoms with Gasteiger partial charge < -0.3 is 14.8 Å². The van der Waals surface area contributed by atoms with Crippen molar-refractivity contribution in [1.29, 1.82) is 0 Å². The van der Waals surface area contributed by atoms with Crippen molar-refractivity contribution in [2.75, 3.05) is 19.6 Å². The van der Waals surface area contributed by atoms with Gasteiger partial charge >= 0.3 is 0 Å². The predicted molar refractivity (Wildman–Crippen MR) is 100 cm³/mol. The molecule has 1 aromatic carbocycles. The second kappa shape index (κ2) is 7.24. The van der Waals surface area contributed by atoms with E-state index in [1.807, 2.05) is 17.8 Å². The number of benzene rings is 1. The van der Waals surface area contributed by atoms with Gasteiger partial charge in [-0.25, -0.2) is 9.67 Å². The summed E-state index contributed by atoms with van der Waals surface area (Å²) in [7, 11) is 1.91. The molecule has 1 unspecified atom stereocenters. The van der Waals surface area contributed by atoms with E-state index in [1.165, 1.54) is 23.0 Å². The normalized spacial score (nSPS) is 16.9. The fraction of sp³-hybridized carbons (Fsp3) is 0.278. The van der Waals surface area contributed by atoms with Crippen molar-refractivity contribution in [3.8, 4) is 5.69 Å². The zero-order chi connectivity index (χ0) is 19.7. The van der Waals surface area contributed by atoms with Gasteiger partial charge in [0.25, 0.3) is 11.6 Å². The zero-order valence-electron chi connectivity index (χ0n) is 15.2. The smallest absolute Gasteiger partial charge is 0.269 e.